The molecule has 106 valence electrons. The van der Waals surface area contributed by atoms with Crippen molar-refractivity contribution in [3.8, 4) is 5.75 Å². The van der Waals surface area contributed by atoms with Gasteiger partial charge in [-0.15, -0.1) is 0 Å². The van der Waals surface area contributed by atoms with Crippen molar-refractivity contribution in [2.75, 3.05) is 12.4 Å². The molecule has 1 saturated carbocycles. The fourth-order valence-corrected chi connectivity index (χ4v) is 2.95. The van der Waals surface area contributed by atoms with Crippen molar-refractivity contribution < 1.29 is 4.74 Å². The standard InChI is InChI=1S/C16H21N3O/c1-20-15-10-16(18-12-6-4-5-11(17)9-12)19-14-8-3-2-7-13(14)15/h2-3,7-8,10-12H,4-6,9,17H2,1H3,(H,18,19). The lowest BCUT2D eigenvalue weighted by molar-refractivity contribution is 0.407. The normalized spacial score (nSPS) is 22.7. The molecule has 0 spiro atoms. The summed E-state index contributed by atoms with van der Waals surface area (Å²) < 4.78 is 5.47. The minimum Gasteiger partial charge on any atom is -0.496 e. The average molecular weight is 271 g/mol. The molecule has 1 aliphatic rings. The van der Waals surface area contributed by atoms with E-state index in [1.54, 1.807) is 7.11 Å². The molecule has 0 saturated heterocycles. The van der Waals surface area contributed by atoms with Crippen LogP contribution in [0.15, 0.2) is 30.3 Å². The maximum atomic E-state index is 6.04. The minimum absolute atomic E-state index is 0.309. The monoisotopic (exact) mass is 271 g/mol. The number of rotatable bonds is 3. The molecule has 1 aliphatic carbocycles. The molecule has 2 aromatic rings. The molecular weight excluding hydrogens is 250 g/mol. The minimum atomic E-state index is 0.309. The van der Waals surface area contributed by atoms with Gasteiger partial charge in [0.05, 0.1) is 12.6 Å². The summed E-state index contributed by atoms with van der Waals surface area (Å²) in [5.41, 5.74) is 6.99. The van der Waals surface area contributed by atoms with Crippen LogP contribution in [0, 0.1) is 0 Å². The van der Waals surface area contributed by atoms with Crippen molar-refractivity contribution in [1.29, 1.82) is 0 Å². The molecule has 4 nitrogen and oxygen atoms in total. The molecule has 1 aromatic carbocycles. The van der Waals surface area contributed by atoms with E-state index in [1.807, 2.05) is 30.3 Å². The number of hydrogen-bond donors (Lipinski definition) is 2. The van der Waals surface area contributed by atoms with Crippen LogP contribution >= 0.6 is 0 Å². The zero-order valence-corrected chi connectivity index (χ0v) is 11.8. The number of para-hydroxylation sites is 1. The lowest BCUT2D eigenvalue weighted by Gasteiger charge is -2.28. The molecule has 0 amide bonds. The Morgan fingerprint density at radius 1 is 1.30 bits per heavy atom. The molecule has 0 radical (unpaired) electrons. The van der Waals surface area contributed by atoms with E-state index in [0.717, 1.165) is 41.7 Å². The number of hydrogen-bond acceptors (Lipinski definition) is 4. The molecule has 3 N–H and O–H groups in total. The summed E-state index contributed by atoms with van der Waals surface area (Å²) in [6, 6.07) is 10.7. The lowest BCUT2D eigenvalue weighted by atomic mass is 9.91. The molecule has 2 unspecified atom stereocenters. The average Bonchev–Trinajstić information content (AvgIpc) is 2.46. The second kappa shape index (κ2) is 5.67. The van der Waals surface area contributed by atoms with Crippen LogP contribution in [-0.2, 0) is 0 Å². The van der Waals surface area contributed by atoms with E-state index < -0.39 is 0 Å². The second-order valence-electron chi connectivity index (χ2n) is 5.49. The van der Waals surface area contributed by atoms with Gasteiger partial charge in [-0.3, -0.25) is 0 Å². The highest BCUT2D eigenvalue weighted by atomic mass is 16.5. The number of fused-ring (bicyclic) bond motifs is 1. The van der Waals surface area contributed by atoms with Crippen molar-refractivity contribution in [2.45, 2.75) is 37.8 Å². The number of anilines is 1. The van der Waals surface area contributed by atoms with E-state index in [9.17, 15) is 0 Å². The first-order valence-electron chi connectivity index (χ1n) is 7.22. The van der Waals surface area contributed by atoms with Gasteiger partial charge in [0.25, 0.3) is 0 Å². The Bertz CT molecular complexity index is 599. The second-order valence-corrected chi connectivity index (χ2v) is 5.49. The third-order valence-electron chi connectivity index (χ3n) is 3.96. The number of nitrogens with one attached hydrogen (secondary N) is 1. The summed E-state index contributed by atoms with van der Waals surface area (Å²) in [4.78, 5) is 4.67. The smallest absolute Gasteiger partial charge is 0.131 e. The maximum absolute atomic E-state index is 6.04. The number of nitrogens with zero attached hydrogens (tertiary/aromatic N) is 1. The third kappa shape index (κ3) is 2.70. The SMILES string of the molecule is COc1cc(NC2CCCC(N)C2)nc2ccccc12. The van der Waals surface area contributed by atoms with Gasteiger partial charge >= 0.3 is 0 Å². The van der Waals surface area contributed by atoms with Crippen LogP contribution in [0.4, 0.5) is 5.82 Å². The Morgan fingerprint density at radius 2 is 2.15 bits per heavy atom. The predicted octanol–water partition coefficient (Wildman–Crippen LogP) is 2.93. The largest absolute Gasteiger partial charge is 0.496 e. The van der Waals surface area contributed by atoms with Crippen molar-refractivity contribution >= 4 is 16.7 Å². The van der Waals surface area contributed by atoms with Gasteiger partial charge in [0, 0.05) is 23.5 Å². The summed E-state index contributed by atoms with van der Waals surface area (Å²) in [7, 11) is 1.70. The zero-order valence-electron chi connectivity index (χ0n) is 11.8. The lowest BCUT2D eigenvalue weighted by Crippen LogP contribution is -2.35. The highest BCUT2D eigenvalue weighted by molar-refractivity contribution is 5.86. The zero-order chi connectivity index (χ0) is 13.9. The van der Waals surface area contributed by atoms with E-state index in [1.165, 1.54) is 6.42 Å². The Balaban J connectivity index is 1.87. The molecule has 0 bridgehead atoms. The van der Waals surface area contributed by atoms with Crippen LogP contribution in [0.25, 0.3) is 10.9 Å². The summed E-state index contributed by atoms with van der Waals surface area (Å²) >= 11 is 0. The Hall–Kier alpha value is -1.81. The van der Waals surface area contributed by atoms with Crippen molar-refractivity contribution in [1.82, 2.24) is 4.98 Å². The van der Waals surface area contributed by atoms with E-state index in [2.05, 4.69) is 10.3 Å². The molecule has 1 heterocycles. The van der Waals surface area contributed by atoms with Crippen LogP contribution in [-0.4, -0.2) is 24.2 Å². The van der Waals surface area contributed by atoms with Crippen molar-refractivity contribution in [3.63, 3.8) is 0 Å². The third-order valence-corrected chi connectivity index (χ3v) is 3.96. The van der Waals surface area contributed by atoms with Gasteiger partial charge in [-0.05, 0) is 37.8 Å². The number of pyridine rings is 1. The van der Waals surface area contributed by atoms with Crippen LogP contribution in [0.2, 0.25) is 0 Å². The molecule has 4 heteroatoms. The van der Waals surface area contributed by atoms with E-state index in [0.29, 0.717) is 12.1 Å². The first-order valence-corrected chi connectivity index (χ1v) is 7.22. The maximum Gasteiger partial charge on any atom is 0.131 e. The van der Waals surface area contributed by atoms with E-state index >= 15 is 0 Å². The van der Waals surface area contributed by atoms with Crippen LogP contribution < -0.4 is 15.8 Å². The molecule has 1 aromatic heterocycles. The number of ether oxygens (including phenoxy) is 1. The van der Waals surface area contributed by atoms with Crippen LogP contribution in [0.3, 0.4) is 0 Å². The first kappa shape index (κ1) is 13.2. The fraction of sp³-hybridized carbons (Fsp3) is 0.438. The van der Waals surface area contributed by atoms with Gasteiger partial charge < -0.3 is 15.8 Å². The first-order chi connectivity index (χ1) is 9.76. The van der Waals surface area contributed by atoms with Crippen LogP contribution in [0.1, 0.15) is 25.7 Å². The predicted molar refractivity (Wildman–Crippen MR) is 82.1 cm³/mol. The van der Waals surface area contributed by atoms with Crippen molar-refractivity contribution in [2.24, 2.45) is 5.73 Å². The Morgan fingerprint density at radius 3 is 2.95 bits per heavy atom. The summed E-state index contributed by atoms with van der Waals surface area (Å²) in [6.07, 6.45) is 4.48. The summed E-state index contributed by atoms with van der Waals surface area (Å²) in [5.74, 6) is 1.73. The van der Waals surface area contributed by atoms with E-state index in [-0.39, 0.29) is 0 Å². The molecule has 0 aliphatic heterocycles. The highest BCUT2D eigenvalue weighted by Crippen LogP contribution is 2.28. The highest BCUT2D eigenvalue weighted by Gasteiger charge is 2.19. The molecule has 20 heavy (non-hydrogen) atoms. The molecular formula is C16H21N3O. The Kier molecular flexibility index (Phi) is 3.74. The Labute approximate surface area is 119 Å². The number of methoxy groups -OCH3 is 1. The number of aromatic nitrogens is 1. The fourth-order valence-electron chi connectivity index (χ4n) is 2.95. The summed E-state index contributed by atoms with van der Waals surface area (Å²) in [6.45, 7) is 0. The van der Waals surface area contributed by atoms with E-state index in [4.69, 9.17) is 10.5 Å². The topological polar surface area (TPSA) is 60.2 Å². The number of benzene rings is 1. The van der Waals surface area contributed by atoms with Gasteiger partial charge in [0.15, 0.2) is 0 Å². The van der Waals surface area contributed by atoms with Crippen LogP contribution in [0.5, 0.6) is 5.75 Å². The molecule has 3 rings (SSSR count). The molecule has 2 atom stereocenters. The van der Waals surface area contributed by atoms with Crippen molar-refractivity contribution in [3.05, 3.63) is 30.3 Å². The quantitative estimate of drug-likeness (QED) is 0.901. The van der Waals surface area contributed by atoms with Gasteiger partial charge in [0.1, 0.15) is 11.6 Å². The summed E-state index contributed by atoms with van der Waals surface area (Å²) in [5, 5.41) is 4.55. The number of nitrogens with two attached hydrogens (primary N) is 1. The van der Waals surface area contributed by atoms with Gasteiger partial charge in [-0.1, -0.05) is 12.1 Å². The van der Waals surface area contributed by atoms with Gasteiger partial charge in [0.2, 0.25) is 0 Å². The van der Waals surface area contributed by atoms with Gasteiger partial charge in [-0.2, -0.15) is 0 Å². The molecule has 1 fully saturated rings. The van der Waals surface area contributed by atoms with Gasteiger partial charge in [-0.25, -0.2) is 4.98 Å².